The van der Waals surface area contributed by atoms with Crippen molar-refractivity contribution in [3.63, 3.8) is 0 Å². The number of rotatable bonds is 5. The minimum absolute atomic E-state index is 0.110. The number of aromatic nitrogens is 1. The molecule has 0 unspecified atom stereocenters. The van der Waals surface area contributed by atoms with E-state index in [0.29, 0.717) is 13.2 Å². The smallest absolute Gasteiger partial charge is 0.214 e. The van der Waals surface area contributed by atoms with Gasteiger partial charge in [-0.15, -0.1) is 0 Å². The summed E-state index contributed by atoms with van der Waals surface area (Å²) in [5.41, 5.74) is 2.40. The first-order chi connectivity index (χ1) is 8.96. The molecular weight excluding hydrogens is 240 g/mol. The van der Waals surface area contributed by atoms with Crippen LogP contribution in [-0.4, -0.2) is 29.8 Å². The van der Waals surface area contributed by atoms with Crippen molar-refractivity contribution in [1.82, 2.24) is 10.3 Å². The van der Waals surface area contributed by atoms with E-state index in [1.807, 2.05) is 6.07 Å². The molecule has 1 aromatic rings. The Morgan fingerprint density at radius 1 is 1.37 bits per heavy atom. The van der Waals surface area contributed by atoms with Gasteiger partial charge in [-0.2, -0.15) is 0 Å². The number of ether oxygens (including phenoxy) is 2. The molecule has 4 heteroatoms. The number of nitrogens with zero attached hydrogens (tertiary/aromatic N) is 1. The van der Waals surface area contributed by atoms with E-state index in [-0.39, 0.29) is 11.6 Å². The minimum Gasteiger partial charge on any atom is -0.469 e. The summed E-state index contributed by atoms with van der Waals surface area (Å²) in [7, 11) is 0. The summed E-state index contributed by atoms with van der Waals surface area (Å²) in [4.78, 5) is 4.51. The van der Waals surface area contributed by atoms with Crippen LogP contribution in [0, 0.1) is 0 Å². The van der Waals surface area contributed by atoms with Crippen LogP contribution in [0.3, 0.4) is 0 Å². The maximum Gasteiger partial charge on any atom is 0.214 e. The van der Waals surface area contributed by atoms with E-state index < -0.39 is 0 Å². The molecule has 0 atom stereocenters. The van der Waals surface area contributed by atoms with E-state index in [9.17, 15) is 0 Å². The van der Waals surface area contributed by atoms with E-state index in [0.717, 1.165) is 24.5 Å². The molecule has 1 aliphatic rings. The Kier molecular flexibility index (Phi) is 4.42. The van der Waals surface area contributed by atoms with Gasteiger partial charge in [-0.3, -0.25) is 0 Å². The third-order valence-corrected chi connectivity index (χ3v) is 2.99. The Bertz CT molecular complexity index is 423. The molecule has 4 nitrogen and oxygen atoms in total. The number of pyridine rings is 1. The molecule has 1 saturated heterocycles. The number of nitrogens with one attached hydrogen (secondary N) is 1. The van der Waals surface area contributed by atoms with Crippen molar-refractivity contribution in [2.24, 2.45) is 0 Å². The molecule has 0 saturated carbocycles. The van der Waals surface area contributed by atoms with E-state index in [1.165, 1.54) is 5.56 Å². The van der Waals surface area contributed by atoms with Crippen LogP contribution in [0.1, 0.15) is 39.0 Å². The van der Waals surface area contributed by atoms with Gasteiger partial charge in [-0.25, -0.2) is 4.98 Å². The maximum absolute atomic E-state index is 5.80. The second-order valence-corrected chi connectivity index (χ2v) is 6.04. The van der Waals surface area contributed by atoms with Gasteiger partial charge in [-0.1, -0.05) is 6.92 Å². The molecule has 1 aromatic heterocycles. The fourth-order valence-corrected chi connectivity index (χ4v) is 1.78. The fraction of sp³-hybridized carbons (Fsp3) is 0.667. The summed E-state index contributed by atoms with van der Waals surface area (Å²) >= 11 is 0. The molecule has 1 aliphatic heterocycles. The summed E-state index contributed by atoms with van der Waals surface area (Å²) in [5, 5.41) is 3.49. The highest BCUT2D eigenvalue weighted by atomic mass is 16.6. The van der Waals surface area contributed by atoms with Crippen molar-refractivity contribution in [2.45, 2.75) is 52.3 Å². The van der Waals surface area contributed by atoms with Crippen molar-refractivity contribution < 1.29 is 9.47 Å². The zero-order valence-corrected chi connectivity index (χ0v) is 12.3. The molecule has 1 fully saturated rings. The first kappa shape index (κ1) is 14.3. The largest absolute Gasteiger partial charge is 0.469 e. The molecule has 0 spiro atoms. The Balaban J connectivity index is 2.06. The van der Waals surface area contributed by atoms with Crippen LogP contribution in [0.2, 0.25) is 0 Å². The Morgan fingerprint density at radius 3 is 2.63 bits per heavy atom. The molecule has 0 aliphatic carbocycles. The normalized spacial score (nSPS) is 16.2. The second kappa shape index (κ2) is 5.88. The average molecular weight is 264 g/mol. The lowest BCUT2D eigenvalue weighted by Gasteiger charge is -2.26. The van der Waals surface area contributed by atoms with Gasteiger partial charge in [0.05, 0.1) is 13.2 Å². The van der Waals surface area contributed by atoms with Crippen molar-refractivity contribution in [1.29, 1.82) is 0 Å². The van der Waals surface area contributed by atoms with Gasteiger partial charge in [0.1, 0.15) is 6.10 Å². The van der Waals surface area contributed by atoms with Gasteiger partial charge in [0, 0.05) is 23.8 Å². The van der Waals surface area contributed by atoms with E-state index in [1.54, 1.807) is 0 Å². The Labute approximate surface area is 115 Å². The van der Waals surface area contributed by atoms with Crippen molar-refractivity contribution >= 4 is 0 Å². The SMILES string of the molecule is CCc1cc(CNC(C)(C)C)cc(OC2COC2)n1. The van der Waals surface area contributed by atoms with Gasteiger partial charge in [0.25, 0.3) is 0 Å². The Morgan fingerprint density at radius 2 is 2.11 bits per heavy atom. The molecule has 19 heavy (non-hydrogen) atoms. The van der Waals surface area contributed by atoms with Crippen LogP contribution in [0.5, 0.6) is 5.88 Å². The van der Waals surface area contributed by atoms with Crippen LogP contribution < -0.4 is 10.1 Å². The summed E-state index contributed by atoms with van der Waals surface area (Å²) in [5.74, 6) is 0.721. The topological polar surface area (TPSA) is 43.4 Å². The van der Waals surface area contributed by atoms with Crippen LogP contribution in [-0.2, 0) is 17.7 Å². The molecule has 2 heterocycles. The summed E-state index contributed by atoms with van der Waals surface area (Å²) < 4.78 is 10.9. The summed E-state index contributed by atoms with van der Waals surface area (Å²) in [6.45, 7) is 10.8. The van der Waals surface area contributed by atoms with Crippen LogP contribution in [0.4, 0.5) is 0 Å². The van der Waals surface area contributed by atoms with Gasteiger partial charge >= 0.3 is 0 Å². The van der Waals surface area contributed by atoms with Crippen molar-refractivity contribution in [2.75, 3.05) is 13.2 Å². The molecular formula is C15H24N2O2. The number of hydrogen-bond acceptors (Lipinski definition) is 4. The van der Waals surface area contributed by atoms with Crippen LogP contribution in [0.25, 0.3) is 0 Å². The molecule has 0 aromatic carbocycles. The van der Waals surface area contributed by atoms with Gasteiger partial charge in [0.15, 0.2) is 0 Å². The third-order valence-electron chi connectivity index (χ3n) is 2.99. The number of aryl methyl sites for hydroxylation is 1. The quantitative estimate of drug-likeness (QED) is 0.886. The van der Waals surface area contributed by atoms with E-state index >= 15 is 0 Å². The highest BCUT2D eigenvalue weighted by Crippen LogP contribution is 2.18. The van der Waals surface area contributed by atoms with E-state index in [2.05, 4.69) is 44.1 Å². The molecule has 1 N–H and O–H groups in total. The second-order valence-electron chi connectivity index (χ2n) is 6.04. The van der Waals surface area contributed by atoms with E-state index in [4.69, 9.17) is 9.47 Å². The molecule has 0 bridgehead atoms. The lowest BCUT2D eigenvalue weighted by molar-refractivity contribution is -0.0814. The molecule has 2 rings (SSSR count). The number of hydrogen-bond donors (Lipinski definition) is 1. The molecule has 0 radical (unpaired) electrons. The predicted molar refractivity (Wildman–Crippen MR) is 75.4 cm³/mol. The monoisotopic (exact) mass is 264 g/mol. The average Bonchev–Trinajstić information content (AvgIpc) is 2.30. The Hall–Kier alpha value is -1.13. The lowest BCUT2D eigenvalue weighted by atomic mass is 10.1. The zero-order valence-electron chi connectivity index (χ0n) is 12.3. The third kappa shape index (κ3) is 4.48. The molecule has 106 valence electrons. The summed E-state index contributed by atoms with van der Waals surface area (Å²) in [6.07, 6.45) is 1.09. The fourth-order valence-electron chi connectivity index (χ4n) is 1.78. The van der Waals surface area contributed by atoms with Crippen LogP contribution in [0.15, 0.2) is 12.1 Å². The van der Waals surface area contributed by atoms with Gasteiger partial charge < -0.3 is 14.8 Å². The predicted octanol–water partition coefficient (Wildman–Crippen LogP) is 2.31. The van der Waals surface area contributed by atoms with Crippen molar-refractivity contribution in [3.8, 4) is 5.88 Å². The zero-order chi connectivity index (χ0) is 13.9. The minimum atomic E-state index is 0.110. The maximum atomic E-state index is 5.80. The first-order valence-corrected chi connectivity index (χ1v) is 6.95. The molecule has 0 amide bonds. The highest BCUT2D eigenvalue weighted by molar-refractivity contribution is 5.25. The van der Waals surface area contributed by atoms with Gasteiger partial charge in [0.2, 0.25) is 5.88 Å². The standard InChI is InChI=1S/C15H24N2O2/c1-5-12-6-11(8-16-15(2,3)4)7-14(17-12)19-13-9-18-10-13/h6-7,13,16H,5,8-10H2,1-4H3. The summed E-state index contributed by atoms with van der Waals surface area (Å²) in [6, 6.07) is 4.17. The van der Waals surface area contributed by atoms with Gasteiger partial charge in [-0.05, 0) is 38.8 Å². The highest BCUT2D eigenvalue weighted by Gasteiger charge is 2.21. The van der Waals surface area contributed by atoms with Crippen LogP contribution >= 0.6 is 0 Å². The lowest BCUT2D eigenvalue weighted by Crippen LogP contribution is -2.39. The van der Waals surface area contributed by atoms with Crippen molar-refractivity contribution in [3.05, 3.63) is 23.4 Å². The first-order valence-electron chi connectivity index (χ1n) is 6.95.